The van der Waals surface area contributed by atoms with Gasteiger partial charge in [-0.25, -0.2) is 0 Å². The Morgan fingerprint density at radius 3 is 2.12 bits per heavy atom. The second kappa shape index (κ2) is 7.78. The summed E-state index contributed by atoms with van der Waals surface area (Å²) < 4.78 is 15.9. The highest BCUT2D eigenvalue weighted by atomic mass is 16.5. The molecule has 0 fully saturated rings. The number of benzene rings is 3. The number of hydrogen-bond donors (Lipinski definition) is 1. The van der Waals surface area contributed by atoms with Gasteiger partial charge >= 0.3 is 0 Å². The zero-order valence-corrected chi connectivity index (χ0v) is 15.0. The Kier molecular flexibility index (Phi) is 5.27. The van der Waals surface area contributed by atoms with Gasteiger partial charge in [0.1, 0.15) is 5.75 Å². The molecule has 0 spiro atoms. The summed E-state index contributed by atoms with van der Waals surface area (Å²) in [6, 6.07) is 17.1. The topological polar surface area (TPSA) is 56.8 Å². The maximum absolute atomic E-state index is 12.7. The number of methoxy groups -OCH3 is 3. The Labute approximate surface area is 152 Å². The highest BCUT2D eigenvalue weighted by molar-refractivity contribution is 6.01. The summed E-state index contributed by atoms with van der Waals surface area (Å²) in [5.74, 6) is 1.64. The predicted molar refractivity (Wildman–Crippen MR) is 101 cm³/mol. The molecule has 0 radical (unpaired) electrons. The van der Waals surface area contributed by atoms with Gasteiger partial charge in [0.25, 0.3) is 5.91 Å². The van der Waals surface area contributed by atoms with Crippen molar-refractivity contribution in [3.63, 3.8) is 0 Å². The van der Waals surface area contributed by atoms with E-state index in [9.17, 15) is 4.79 Å². The van der Waals surface area contributed by atoms with Crippen LogP contribution in [-0.2, 0) is 6.54 Å². The van der Waals surface area contributed by atoms with E-state index in [4.69, 9.17) is 14.2 Å². The molecular weight excluding hydrogens is 330 g/mol. The largest absolute Gasteiger partial charge is 0.496 e. The Morgan fingerprint density at radius 2 is 1.46 bits per heavy atom. The van der Waals surface area contributed by atoms with E-state index in [1.54, 1.807) is 21.3 Å². The van der Waals surface area contributed by atoms with Crippen molar-refractivity contribution in [3.8, 4) is 17.2 Å². The van der Waals surface area contributed by atoms with E-state index in [0.717, 1.165) is 16.3 Å². The molecule has 3 aromatic carbocycles. The van der Waals surface area contributed by atoms with Crippen molar-refractivity contribution in [2.24, 2.45) is 0 Å². The number of carbonyl (C=O) groups is 1. The Balaban J connectivity index is 1.81. The molecule has 0 bridgehead atoms. The molecule has 0 aromatic heterocycles. The first-order chi connectivity index (χ1) is 12.7. The molecule has 26 heavy (non-hydrogen) atoms. The second-order valence-electron chi connectivity index (χ2n) is 5.77. The second-order valence-corrected chi connectivity index (χ2v) is 5.77. The van der Waals surface area contributed by atoms with Gasteiger partial charge in [-0.1, -0.05) is 30.3 Å². The van der Waals surface area contributed by atoms with Gasteiger partial charge < -0.3 is 19.5 Å². The average Bonchev–Trinajstić information content (AvgIpc) is 2.70. The maximum Gasteiger partial charge on any atom is 0.255 e. The Morgan fingerprint density at radius 1 is 0.808 bits per heavy atom. The van der Waals surface area contributed by atoms with Crippen LogP contribution in [0, 0.1) is 0 Å². The van der Waals surface area contributed by atoms with Gasteiger partial charge in [0, 0.05) is 6.54 Å². The highest BCUT2D eigenvalue weighted by Gasteiger charge is 2.14. The number of hydrogen-bond acceptors (Lipinski definition) is 4. The van der Waals surface area contributed by atoms with E-state index < -0.39 is 0 Å². The van der Waals surface area contributed by atoms with Crippen LogP contribution in [0.4, 0.5) is 0 Å². The van der Waals surface area contributed by atoms with Crippen LogP contribution < -0.4 is 19.5 Å². The molecule has 1 amide bonds. The monoisotopic (exact) mass is 351 g/mol. The lowest BCUT2D eigenvalue weighted by Gasteiger charge is -2.12. The lowest BCUT2D eigenvalue weighted by molar-refractivity contribution is 0.0948. The number of nitrogens with one attached hydrogen (secondary N) is 1. The van der Waals surface area contributed by atoms with Crippen LogP contribution in [0.1, 0.15) is 15.9 Å². The van der Waals surface area contributed by atoms with Gasteiger partial charge in [0.15, 0.2) is 11.5 Å². The third-order valence-corrected chi connectivity index (χ3v) is 4.21. The lowest BCUT2D eigenvalue weighted by Crippen LogP contribution is -2.23. The minimum Gasteiger partial charge on any atom is -0.496 e. The van der Waals surface area contributed by atoms with Gasteiger partial charge in [0.2, 0.25) is 0 Å². The molecule has 0 atom stereocenters. The zero-order valence-electron chi connectivity index (χ0n) is 15.0. The third-order valence-electron chi connectivity index (χ3n) is 4.21. The molecule has 0 aliphatic rings. The smallest absolute Gasteiger partial charge is 0.255 e. The number of ether oxygens (including phenoxy) is 3. The minimum absolute atomic E-state index is 0.192. The van der Waals surface area contributed by atoms with Gasteiger partial charge in [-0.2, -0.15) is 0 Å². The summed E-state index contributed by atoms with van der Waals surface area (Å²) in [6.45, 7) is 0.370. The maximum atomic E-state index is 12.7. The number of amides is 1. The van der Waals surface area contributed by atoms with Crippen molar-refractivity contribution >= 4 is 16.7 Å². The molecule has 0 aliphatic heterocycles. The fourth-order valence-corrected chi connectivity index (χ4v) is 2.83. The van der Waals surface area contributed by atoms with Crippen molar-refractivity contribution in [1.29, 1.82) is 0 Å². The summed E-state index contributed by atoms with van der Waals surface area (Å²) in [4.78, 5) is 12.7. The van der Waals surface area contributed by atoms with E-state index in [-0.39, 0.29) is 5.91 Å². The van der Waals surface area contributed by atoms with E-state index in [1.807, 2.05) is 54.6 Å². The molecule has 0 saturated heterocycles. The van der Waals surface area contributed by atoms with Crippen LogP contribution in [-0.4, -0.2) is 27.2 Å². The van der Waals surface area contributed by atoms with E-state index >= 15 is 0 Å². The Hall–Kier alpha value is -3.21. The van der Waals surface area contributed by atoms with E-state index in [0.29, 0.717) is 29.4 Å². The number of fused-ring (bicyclic) bond motifs is 1. The van der Waals surface area contributed by atoms with Gasteiger partial charge in [0.05, 0.1) is 26.9 Å². The average molecular weight is 351 g/mol. The van der Waals surface area contributed by atoms with Gasteiger partial charge in [-0.3, -0.25) is 4.79 Å². The molecule has 0 saturated carbocycles. The van der Waals surface area contributed by atoms with Crippen molar-refractivity contribution in [2.45, 2.75) is 6.54 Å². The Bertz CT molecular complexity index is 936. The van der Waals surface area contributed by atoms with Crippen LogP contribution in [0.25, 0.3) is 10.8 Å². The summed E-state index contributed by atoms with van der Waals surface area (Å²) in [7, 11) is 4.74. The fourth-order valence-electron chi connectivity index (χ4n) is 2.83. The standard InChI is InChI=1S/C21H21NO4/c1-24-18-9-8-14(10-20(18)26-3)13-22-21(23)17-11-15-6-4-5-7-16(15)12-19(17)25-2/h4-12H,13H2,1-3H3,(H,22,23). The molecule has 0 unspecified atom stereocenters. The summed E-state index contributed by atoms with van der Waals surface area (Å²) in [5, 5.41) is 4.95. The number of carbonyl (C=O) groups excluding carboxylic acids is 1. The molecular formula is C21H21NO4. The minimum atomic E-state index is -0.192. The molecule has 3 rings (SSSR count). The lowest BCUT2D eigenvalue weighted by atomic mass is 10.1. The summed E-state index contributed by atoms with van der Waals surface area (Å²) >= 11 is 0. The van der Waals surface area contributed by atoms with Crippen LogP contribution in [0.3, 0.4) is 0 Å². The first-order valence-corrected chi connectivity index (χ1v) is 8.22. The number of rotatable bonds is 6. The third kappa shape index (κ3) is 3.57. The molecule has 3 aromatic rings. The zero-order chi connectivity index (χ0) is 18.5. The molecule has 5 heteroatoms. The first-order valence-electron chi connectivity index (χ1n) is 8.22. The van der Waals surface area contributed by atoms with Crippen LogP contribution in [0.5, 0.6) is 17.2 Å². The highest BCUT2D eigenvalue weighted by Crippen LogP contribution is 2.28. The van der Waals surface area contributed by atoms with Crippen molar-refractivity contribution in [3.05, 3.63) is 65.7 Å². The fraction of sp³-hybridized carbons (Fsp3) is 0.190. The quantitative estimate of drug-likeness (QED) is 0.734. The van der Waals surface area contributed by atoms with Gasteiger partial charge in [-0.05, 0) is 40.6 Å². The molecule has 5 nitrogen and oxygen atoms in total. The van der Waals surface area contributed by atoms with Crippen LogP contribution in [0.15, 0.2) is 54.6 Å². The first kappa shape index (κ1) is 17.6. The molecule has 0 aliphatic carbocycles. The molecule has 0 heterocycles. The normalized spacial score (nSPS) is 10.4. The summed E-state index contributed by atoms with van der Waals surface area (Å²) in [5.41, 5.74) is 1.42. The van der Waals surface area contributed by atoms with Crippen molar-refractivity contribution < 1.29 is 19.0 Å². The molecule has 1 N–H and O–H groups in total. The van der Waals surface area contributed by atoms with Gasteiger partial charge in [-0.15, -0.1) is 0 Å². The molecule has 134 valence electrons. The van der Waals surface area contributed by atoms with Crippen LogP contribution >= 0.6 is 0 Å². The van der Waals surface area contributed by atoms with Crippen LogP contribution in [0.2, 0.25) is 0 Å². The van der Waals surface area contributed by atoms with Crippen molar-refractivity contribution in [2.75, 3.05) is 21.3 Å². The predicted octanol–water partition coefficient (Wildman–Crippen LogP) is 3.80. The van der Waals surface area contributed by atoms with E-state index in [1.165, 1.54) is 0 Å². The van der Waals surface area contributed by atoms with E-state index in [2.05, 4.69) is 5.32 Å². The SMILES string of the molecule is COc1ccc(CNC(=O)c2cc3ccccc3cc2OC)cc1OC. The van der Waals surface area contributed by atoms with Crippen molar-refractivity contribution in [1.82, 2.24) is 5.32 Å². The summed E-state index contributed by atoms with van der Waals surface area (Å²) in [6.07, 6.45) is 0.